The lowest BCUT2D eigenvalue weighted by Gasteiger charge is -2.28. The Morgan fingerprint density at radius 1 is 0.800 bits per heavy atom. The van der Waals surface area contributed by atoms with Crippen molar-refractivity contribution in [3.63, 3.8) is 0 Å². The number of benzene rings is 2. The van der Waals surface area contributed by atoms with Gasteiger partial charge in [0.15, 0.2) is 24.6 Å². The molecule has 2 aromatic rings. The van der Waals surface area contributed by atoms with Crippen LogP contribution in [0.4, 0.5) is 15.8 Å². The number of piperazine rings is 1. The van der Waals surface area contributed by atoms with Crippen LogP contribution in [0.5, 0.6) is 11.5 Å². The first-order valence-electron chi connectivity index (χ1n) is 9.97. The minimum Gasteiger partial charge on any atom is -0.454 e. The van der Waals surface area contributed by atoms with Crippen molar-refractivity contribution >= 4 is 23.2 Å². The summed E-state index contributed by atoms with van der Waals surface area (Å²) in [7, 11) is 0. The van der Waals surface area contributed by atoms with Crippen molar-refractivity contribution < 1.29 is 33.3 Å². The second-order valence-corrected chi connectivity index (χ2v) is 7.52. The zero-order valence-corrected chi connectivity index (χ0v) is 16.5. The van der Waals surface area contributed by atoms with E-state index in [1.54, 1.807) is 30.3 Å². The van der Waals surface area contributed by atoms with Gasteiger partial charge in [-0.15, -0.1) is 0 Å². The molecule has 0 aromatic heterocycles. The van der Waals surface area contributed by atoms with Gasteiger partial charge in [0.25, 0.3) is 11.8 Å². The van der Waals surface area contributed by atoms with E-state index in [9.17, 15) is 14.0 Å². The SMILES string of the molecule is O=C(C[NH+]1CC[NH+](CC(=O)Nc2ccc3c(c2)OCO3)CC1)Nc1ccc(F)cc1. The molecule has 4 rings (SSSR count). The Balaban J connectivity index is 1.18. The Morgan fingerprint density at radius 2 is 1.33 bits per heavy atom. The van der Waals surface area contributed by atoms with Crippen LogP contribution in [0.15, 0.2) is 42.5 Å². The normalized spacial score (nSPS) is 19.9. The molecule has 0 unspecified atom stereocenters. The predicted molar refractivity (Wildman–Crippen MR) is 107 cm³/mol. The fraction of sp³-hybridized carbons (Fsp3) is 0.333. The highest BCUT2D eigenvalue weighted by molar-refractivity contribution is 5.92. The van der Waals surface area contributed by atoms with Gasteiger partial charge in [-0.3, -0.25) is 9.59 Å². The van der Waals surface area contributed by atoms with E-state index in [0.717, 1.165) is 26.2 Å². The van der Waals surface area contributed by atoms with Crippen LogP contribution < -0.4 is 29.9 Å². The van der Waals surface area contributed by atoms with Gasteiger partial charge in [0.05, 0.1) is 0 Å². The molecule has 2 amide bonds. The third-order valence-electron chi connectivity index (χ3n) is 5.27. The molecule has 0 bridgehead atoms. The molecular weight excluding hydrogens is 391 g/mol. The molecule has 2 aromatic carbocycles. The van der Waals surface area contributed by atoms with Crippen LogP contribution in [-0.4, -0.2) is 57.9 Å². The number of hydrogen-bond acceptors (Lipinski definition) is 4. The maximum atomic E-state index is 12.9. The smallest absolute Gasteiger partial charge is 0.279 e. The molecule has 0 spiro atoms. The molecule has 1 saturated heterocycles. The van der Waals surface area contributed by atoms with Crippen LogP contribution >= 0.6 is 0 Å². The fourth-order valence-corrected chi connectivity index (χ4v) is 3.68. The highest BCUT2D eigenvalue weighted by Gasteiger charge is 2.26. The second kappa shape index (κ2) is 9.10. The number of hydrogen-bond donors (Lipinski definition) is 4. The molecule has 4 N–H and O–H groups in total. The molecule has 0 radical (unpaired) electrons. The minimum atomic E-state index is -0.333. The van der Waals surface area contributed by atoms with Gasteiger partial charge < -0.3 is 29.9 Å². The number of ether oxygens (including phenoxy) is 2. The van der Waals surface area contributed by atoms with Crippen molar-refractivity contribution in [2.24, 2.45) is 0 Å². The van der Waals surface area contributed by atoms with E-state index in [0.29, 0.717) is 36.0 Å². The van der Waals surface area contributed by atoms with Crippen LogP contribution in [0.3, 0.4) is 0 Å². The van der Waals surface area contributed by atoms with E-state index in [1.807, 2.05) is 0 Å². The second-order valence-electron chi connectivity index (χ2n) is 7.52. The third-order valence-corrected chi connectivity index (χ3v) is 5.27. The monoisotopic (exact) mass is 416 g/mol. The molecule has 30 heavy (non-hydrogen) atoms. The minimum absolute atomic E-state index is 0.0543. The summed E-state index contributed by atoms with van der Waals surface area (Å²) in [6.45, 7) is 4.18. The van der Waals surface area contributed by atoms with E-state index in [1.165, 1.54) is 21.9 Å². The number of amides is 2. The number of carbonyl (C=O) groups is 2. The summed E-state index contributed by atoms with van der Waals surface area (Å²) in [6, 6.07) is 11.1. The van der Waals surface area contributed by atoms with E-state index in [-0.39, 0.29) is 24.4 Å². The van der Waals surface area contributed by atoms with Gasteiger partial charge >= 0.3 is 0 Å². The number of nitrogens with one attached hydrogen (secondary N) is 4. The highest BCUT2D eigenvalue weighted by Crippen LogP contribution is 2.34. The quantitative estimate of drug-likeness (QED) is 0.483. The van der Waals surface area contributed by atoms with Crippen LogP contribution in [-0.2, 0) is 9.59 Å². The van der Waals surface area contributed by atoms with Crippen molar-refractivity contribution in [3.05, 3.63) is 48.3 Å². The van der Waals surface area contributed by atoms with Gasteiger partial charge in [0.1, 0.15) is 32.0 Å². The molecule has 2 aliphatic heterocycles. The number of anilines is 2. The number of quaternary nitrogens is 2. The zero-order valence-electron chi connectivity index (χ0n) is 16.5. The molecule has 2 heterocycles. The average molecular weight is 416 g/mol. The summed E-state index contributed by atoms with van der Waals surface area (Å²) >= 11 is 0. The number of rotatable bonds is 6. The third kappa shape index (κ3) is 5.25. The molecular formula is C21H25FN4O4+2. The Labute approximate surface area is 173 Å². The first-order chi connectivity index (χ1) is 14.5. The van der Waals surface area contributed by atoms with Crippen molar-refractivity contribution in [1.82, 2.24) is 0 Å². The van der Waals surface area contributed by atoms with Gasteiger partial charge in [-0.2, -0.15) is 0 Å². The largest absolute Gasteiger partial charge is 0.454 e. The lowest BCUT2D eigenvalue weighted by molar-refractivity contribution is -1.00. The van der Waals surface area contributed by atoms with E-state index in [4.69, 9.17) is 9.47 Å². The van der Waals surface area contributed by atoms with Gasteiger partial charge in [-0.05, 0) is 36.4 Å². The molecule has 9 heteroatoms. The van der Waals surface area contributed by atoms with Crippen molar-refractivity contribution in [2.75, 3.05) is 56.7 Å². The zero-order chi connectivity index (χ0) is 20.9. The summed E-state index contributed by atoms with van der Waals surface area (Å²) in [5.41, 5.74) is 1.27. The standard InChI is InChI=1S/C21H23FN4O4/c22-15-1-3-16(4-2-15)23-20(27)12-25-7-9-26(10-8-25)13-21(28)24-17-5-6-18-19(11-17)30-14-29-18/h1-6,11H,7-10,12-14H2,(H,23,27)(H,24,28)/p+2. The lowest BCUT2D eigenvalue weighted by Crippen LogP contribution is -3.28. The fourth-order valence-electron chi connectivity index (χ4n) is 3.68. The maximum Gasteiger partial charge on any atom is 0.279 e. The molecule has 0 saturated carbocycles. The lowest BCUT2D eigenvalue weighted by atomic mass is 10.2. The number of halogens is 1. The van der Waals surface area contributed by atoms with E-state index < -0.39 is 0 Å². The average Bonchev–Trinajstić information content (AvgIpc) is 3.19. The van der Waals surface area contributed by atoms with Crippen LogP contribution in [0, 0.1) is 5.82 Å². The van der Waals surface area contributed by atoms with Crippen LogP contribution in [0.25, 0.3) is 0 Å². The highest BCUT2D eigenvalue weighted by atomic mass is 19.1. The van der Waals surface area contributed by atoms with Gasteiger partial charge in [-0.25, -0.2) is 4.39 Å². The summed E-state index contributed by atoms with van der Waals surface area (Å²) in [5, 5.41) is 5.69. The van der Waals surface area contributed by atoms with Crippen LogP contribution in [0.1, 0.15) is 0 Å². The summed E-state index contributed by atoms with van der Waals surface area (Å²) in [4.78, 5) is 26.9. The van der Waals surface area contributed by atoms with E-state index >= 15 is 0 Å². The van der Waals surface area contributed by atoms with E-state index in [2.05, 4.69) is 10.6 Å². The van der Waals surface area contributed by atoms with Crippen molar-refractivity contribution in [2.45, 2.75) is 0 Å². The Kier molecular flexibility index (Phi) is 6.10. The first kappa shape index (κ1) is 20.1. The first-order valence-corrected chi connectivity index (χ1v) is 9.97. The molecule has 0 atom stereocenters. The van der Waals surface area contributed by atoms with Crippen molar-refractivity contribution in [1.29, 1.82) is 0 Å². The summed E-state index contributed by atoms with van der Waals surface area (Å²) in [5.74, 6) is 0.833. The topological polar surface area (TPSA) is 85.5 Å². The van der Waals surface area contributed by atoms with Crippen LogP contribution in [0.2, 0.25) is 0 Å². The van der Waals surface area contributed by atoms with Crippen molar-refractivity contribution in [3.8, 4) is 11.5 Å². The molecule has 8 nitrogen and oxygen atoms in total. The Morgan fingerprint density at radius 3 is 1.97 bits per heavy atom. The predicted octanol–water partition coefficient (Wildman–Crippen LogP) is -1.08. The van der Waals surface area contributed by atoms with Gasteiger partial charge in [0.2, 0.25) is 6.79 Å². The number of carbonyl (C=O) groups excluding carboxylic acids is 2. The van der Waals surface area contributed by atoms with Gasteiger partial charge in [0, 0.05) is 17.4 Å². The Hall–Kier alpha value is -3.17. The maximum absolute atomic E-state index is 12.9. The molecule has 2 aliphatic rings. The summed E-state index contributed by atoms with van der Waals surface area (Å²) < 4.78 is 23.5. The molecule has 158 valence electrons. The summed E-state index contributed by atoms with van der Waals surface area (Å²) in [6.07, 6.45) is 0. The van der Waals surface area contributed by atoms with Gasteiger partial charge in [-0.1, -0.05) is 0 Å². The molecule has 0 aliphatic carbocycles. The molecule has 1 fully saturated rings. The Bertz CT molecular complexity index is 914. The number of fused-ring (bicyclic) bond motifs is 1.